The molecule has 0 saturated carbocycles. The Hall–Kier alpha value is -3.82. The van der Waals surface area contributed by atoms with Crippen molar-refractivity contribution >= 4 is 15.9 Å². The molecule has 8 nitrogen and oxygen atoms in total. The third-order valence-electron chi connectivity index (χ3n) is 5.16. The van der Waals surface area contributed by atoms with Crippen LogP contribution in [0.2, 0.25) is 0 Å². The van der Waals surface area contributed by atoms with Gasteiger partial charge in [-0.2, -0.15) is 5.10 Å². The summed E-state index contributed by atoms with van der Waals surface area (Å²) in [6.45, 7) is 3.86. The average Bonchev–Trinajstić information content (AvgIpc) is 3.29. The molecule has 0 aliphatic heterocycles. The summed E-state index contributed by atoms with van der Waals surface area (Å²) < 4.78 is 28.5. The summed E-state index contributed by atoms with van der Waals surface area (Å²) in [5.41, 5.74) is 4.09. The number of hydrogen-bond donors (Lipinski definition) is 2. The number of pyridine rings is 1. The van der Waals surface area contributed by atoms with Gasteiger partial charge >= 0.3 is 0 Å². The lowest BCUT2D eigenvalue weighted by Crippen LogP contribution is -2.31. The first-order chi connectivity index (χ1) is 16.8. The highest BCUT2D eigenvalue weighted by molar-refractivity contribution is 7.88. The van der Waals surface area contributed by atoms with Crippen LogP contribution < -0.4 is 10.0 Å². The van der Waals surface area contributed by atoms with Gasteiger partial charge in [0, 0.05) is 36.7 Å². The molecule has 0 saturated heterocycles. The smallest absolute Gasteiger partial charge is 0.255 e. The van der Waals surface area contributed by atoms with Crippen LogP contribution in [0.15, 0.2) is 85.3 Å². The van der Waals surface area contributed by atoms with Gasteiger partial charge in [0.2, 0.25) is 10.0 Å². The Balaban J connectivity index is 1.49. The molecule has 9 heteroatoms. The van der Waals surface area contributed by atoms with E-state index in [1.54, 1.807) is 55.3 Å². The van der Waals surface area contributed by atoms with Crippen molar-refractivity contribution in [2.24, 2.45) is 0 Å². The molecule has 2 aromatic carbocycles. The largest absolute Gasteiger partial charge is 0.348 e. The van der Waals surface area contributed by atoms with E-state index in [4.69, 9.17) is 0 Å². The summed E-state index contributed by atoms with van der Waals surface area (Å²) >= 11 is 0. The number of sulfonamides is 1. The standard InChI is InChI=1S/C26H27N5O3S/c1-19(2)30-35(33,34)18-21-12-10-20(11-13-21)15-28-26(32)24-17-31(23-8-4-3-5-9-23)29-25(24)22-7-6-14-27-16-22/h3-14,16-17,19,30H,15,18H2,1-2H3,(H,28,32). The van der Waals surface area contributed by atoms with Crippen LogP contribution in [-0.4, -0.2) is 35.1 Å². The Morgan fingerprint density at radius 1 is 0.971 bits per heavy atom. The molecule has 0 spiro atoms. The Labute approximate surface area is 205 Å². The number of aromatic nitrogens is 3. The van der Waals surface area contributed by atoms with Crippen LogP contribution in [0.3, 0.4) is 0 Å². The van der Waals surface area contributed by atoms with Crippen LogP contribution in [0.5, 0.6) is 0 Å². The van der Waals surface area contributed by atoms with Gasteiger partial charge in [-0.15, -0.1) is 0 Å². The Morgan fingerprint density at radius 2 is 1.69 bits per heavy atom. The van der Waals surface area contributed by atoms with Gasteiger partial charge in [-0.25, -0.2) is 17.8 Å². The zero-order valence-electron chi connectivity index (χ0n) is 19.5. The molecule has 0 unspecified atom stereocenters. The van der Waals surface area contributed by atoms with Crippen LogP contribution in [0.4, 0.5) is 0 Å². The van der Waals surface area contributed by atoms with E-state index < -0.39 is 10.0 Å². The molecule has 0 aliphatic carbocycles. The third-order valence-corrected chi connectivity index (χ3v) is 6.71. The quantitative estimate of drug-likeness (QED) is 0.373. The lowest BCUT2D eigenvalue weighted by molar-refractivity contribution is 0.0951. The van der Waals surface area contributed by atoms with Crippen molar-refractivity contribution in [2.75, 3.05) is 0 Å². The van der Waals surface area contributed by atoms with Gasteiger partial charge in [0.05, 0.1) is 17.0 Å². The zero-order valence-corrected chi connectivity index (χ0v) is 20.4. The van der Waals surface area contributed by atoms with Crippen LogP contribution in [0, 0.1) is 0 Å². The first kappa shape index (κ1) is 24.3. The topological polar surface area (TPSA) is 106 Å². The van der Waals surface area contributed by atoms with E-state index in [9.17, 15) is 13.2 Å². The number of nitrogens with one attached hydrogen (secondary N) is 2. The minimum Gasteiger partial charge on any atom is -0.348 e. The second kappa shape index (κ2) is 10.6. The Bertz CT molecular complexity index is 1380. The monoisotopic (exact) mass is 489 g/mol. The van der Waals surface area contributed by atoms with E-state index in [-0.39, 0.29) is 17.7 Å². The lowest BCUT2D eigenvalue weighted by Gasteiger charge is -2.10. The second-order valence-corrected chi connectivity index (χ2v) is 10.2. The molecule has 4 aromatic rings. The van der Waals surface area contributed by atoms with Crippen molar-refractivity contribution in [3.63, 3.8) is 0 Å². The molecule has 0 aliphatic rings. The number of carbonyl (C=O) groups excluding carboxylic acids is 1. The van der Waals surface area contributed by atoms with E-state index in [0.717, 1.165) is 16.8 Å². The first-order valence-electron chi connectivity index (χ1n) is 11.2. The molecule has 2 aromatic heterocycles. The molecule has 0 radical (unpaired) electrons. The van der Waals surface area contributed by atoms with Crippen molar-refractivity contribution in [1.29, 1.82) is 0 Å². The molecular formula is C26H27N5O3S. The minimum atomic E-state index is -3.39. The molecule has 0 bridgehead atoms. The maximum absolute atomic E-state index is 13.1. The molecular weight excluding hydrogens is 462 g/mol. The lowest BCUT2D eigenvalue weighted by atomic mass is 10.1. The summed E-state index contributed by atoms with van der Waals surface area (Å²) in [5.74, 6) is -0.357. The fourth-order valence-electron chi connectivity index (χ4n) is 3.62. The van der Waals surface area contributed by atoms with E-state index >= 15 is 0 Å². The normalized spacial score (nSPS) is 11.5. The maximum atomic E-state index is 13.1. The van der Waals surface area contributed by atoms with Gasteiger partial charge in [-0.3, -0.25) is 9.78 Å². The third kappa shape index (κ3) is 6.40. The van der Waals surface area contributed by atoms with E-state index in [2.05, 4.69) is 20.1 Å². The number of amides is 1. The number of rotatable bonds is 9. The van der Waals surface area contributed by atoms with Crippen molar-refractivity contribution in [1.82, 2.24) is 24.8 Å². The highest BCUT2D eigenvalue weighted by Gasteiger charge is 2.19. The first-order valence-corrected chi connectivity index (χ1v) is 12.9. The molecule has 1 amide bonds. The molecule has 180 valence electrons. The second-order valence-electron chi connectivity index (χ2n) is 8.44. The summed E-state index contributed by atoms with van der Waals surface area (Å²) in [6, 6.07) is 20.2. The average molecular weight is 490 g/mol. The van der Waals surface area contributed by atoms with Crippen molar-refractivity contribution in [3.05, 3.63) is 102 Å². The van der Waals surface area contributed by atoms with Gasteiger partial charge in [-0.1, -0.05) is 42.5 Å². The van der Waals surface area contributed by atoms with Crippen LogP contribution in [0.1, 0.15) is 35.3 Å². The summed E-state index contributed by atoms with van der Waals surface area (Å²) in [6.07, 6.45) is 5.06. The Kier molecular flexibility index (Phi) is 7.38. The predicted molar refractivity (Wildman–Crippen MR) is 135 cm³/mol. The molecule has 2 heterocycles. The molecule has 35 heavy (non-hydrogen) atoms. The van der Waals surface area contributed by atoms with Gasteiger partial charge in [-0.05, 0) is 49.2 Å². The van der Waals surface area contributed by atoms with Gasteiger partial charge in [0.25, 0.3) is 5.91 Å². The predicted octanol–water partition coefficient (Wildman–Crippen LogP) is 3.69. The minimum absolute atomic E-state index is 0.0923. The van der Waals surface area contributed by atoms with Gasteiger partial charge in [0.15, 0.2) is 0 Å². The number of para-hydroxylation sites is 1. The zero-order chi connectivity index (χ0) is 24.8. The Morgan fingerprint density at radius 3 is 2.34 bits per heavy atom. The summed E-state index contributed by atoms with van der Waals surface area (Å²) in [5, 5.41) is 7.59. The SMILES string of the molecule is CC(C)NS(=O)(=O)Cc1ccc(CNC(=O)c2cn(-c3ccccc3)nc2-c2cccnc2)cc1. The summed E-state index contributed by atoms with van der Waals surface area (Å²) in [7, 11) is -3.39. The van der Waals surface area contributed by atoms with Gasteiger partial charge in [0.1, 0.15) is 5.69 Å². The van der Waals surface area contributed by atoms with Crippen LogP contribution in [0.25, 0.3) is 16.9 Å². The highest BCUT2D eigenvalue weighted by atomic mass is 32.2. The molecule has 2 N–H and O–H groups in total. The van der Waals surface area contributed by atoms with Crippen LogP contribution >= 0.6 is 0 Å². The highest BCUT2D eigenvalue weighted by Crippen LogP contribution is 2.23. The number of benzene rings is 2. The number of hydrogen-bond acceptors (Lipinski definition) is 5. The molecule has 0 atom stereocenters. The van der Waals surface area contributed by atoms with Gasteiger partial charge < -0.3 is 5.32 Å². The van der Waals surface area contributed by atoms with Crippen molar-refractivity contribution in [2.45, 2.75) is 32.2 Å². The molecule has 0 fully saturated rings. The van der Waals surface area contributed by atoms with Crippen molar-refractivity contribution in [3.8, 4) is 16.9 Å². The molecule has 4 rings (SSSR count). The van der Waals surface area contributed by atoms with E-state index in [1.165, 1.54) is 0 Å². The fourth-order valence-corrected chi connectivity index (χ4v) is 5.05. The van der Waals surface area contributed by atoms with E-state index in [1.807, 2.05) is 48.5 Å². The van der Waals surface area contributed by atoms with Crippen molar-refractivity contribution < 1.29 is 13.2 Å². The number of nitrogens with zero attached hydrogens (tertiary/aromatic N) is 3. The van der Waals surface area contributed by atoms with Crippen LogP contribution in [-0.2, 0) is 22.3 Å². The maximum Gasteiger partial charge on any atom is 0.255 e. The van der Waals surface area contributed by atoms with E-state index in [0.29, 0.717) is 23.4 Å². The fraction of sp³-hybridized carbons (Fsp3) is 0.192. The summed E-state index contributed by atoms with van der Waals surface area (Å²) in [4.78, 5) is 17.3. The number of carbonyl (C=O) groups is 1.